The molecule has 0 atom stereocenters. The molecule has 3 heterocycles. The maximum Gasteiger partial charge on any atom is 0.186 e. The van der Waals surface area contributed by atoms with Gasteiger partial charge in [-0.3, -0.25) is 0 Å². The zero-order valence-electron chi connectivity index (χ0n) is 17.9. The third kappa shape index (κ3) is 4.53. The Bertz CT molecular complexity index is 1200. The standard InChI is InChI=1S/C25H25N3OS2/c1-17-8-9-18(2)21(14-17)31-25-23-20(19-6-4-3-5-7-19)16-30-24(23)26-22(27-25)15-28-10-12-29-13-11-28/h3-9,14,16H,10-13,15H2,1-2H3/p+1. The van der Waals surface area contributed by atoms with Gasteiger partial charge in [0.2, 0.25) is 0 Å². The van der Waals surface area contributed by atoms with E-state index in [1.807, 2.05) is 0 Å². The zero-order chi connectivity index (χ0) is 21.2. The molecule has 1 aliphatic rings. The molecule has 158 valence electrons. The van der Waals surface area contributed by atoms with Crippen molar-refractivity contribution in [2.45, 2.75) is 30.3 Å². The number of aryl methyl sites for hydroxylation is 2. The van der Waals surface area contributed by atoms with Crippen molar-refractivity contribution in [1.29, 1.82) is 0 Å². The van der Waals surface area contributed by atoms with Crippen molar-refractivity contribution in [2.75, 3.05) is 26.3 Å². The summed E-state index contributed by atoms with van der Waals surface area (Å²) in [6.07, 6.45) is 0. The second-order valence-electron chi connectivity index (χ2n) is 8.05. The average molecular weight is 449 g/mol. The molecule has 4 aromatic rings. The predicted octanol–water partition coefficient (Wildman–Crippen LogP) is 4.54. The summed E-state index contributed by atoms with van der Waals surface area (Å²) in [6, 6.07) is 17.2. The van der Waals surface area contributed by atoms with Crippen LogP contribution in [0, 0.1) is 13.8 Å². The van der Waals surface area contributed by atoms with E-state index in [-0.39, 0.29) is 0 Å². The van der Waals surface area contributed by atoms with Gasteiger partial charge in [-0.2, -0.15) is 0 Å². The summed E-state index contributed by atoms with van der Waals surface area (Å²) in [5.41, 5.74) is 4.98. The number of quaternary nitrogens is 1. The van der Waals surface area contributed by atoms with Crippen molar-refractivity contribution < 1.29 is 9.64 Å². The molecule has 0 saturated carbocycles. The van der Waals surface area contributed by atoms with Crippen LogP contribution in [-0.4, -0.2) is 36.3 Å². The number of morpholine rings is 1. The molecule has 0 spiro atoms. The number of rotatable bonds is 5. The van der Waals surface area contributed by atoms with Gasteiger partial charge in [-0.25, -0.2) is 9.97 Å². The fraction of sp³-hybridized carbons (Fsp3) is 0.280. The highest BCUT2D eigenvalue weighted by Gasteiger charge is 2.21. The smallest absolute Gasteiger partial charge is 0.186 e. The van der Waals surface area contributed by atoms with Crippen LogP contribution in [0.3, 0.4) is 0 Å². The second-order valence-corrected chi connectivity index (χ2v) is 9.94. The molecule has 0 unspecified atom stereocenters. The topological polar surface area (TPSA) is 39.5 Å². The fourth-order valence-corrected chi connectivity index (χ4v) is 6.09. The van der Waals surface area contributed by atoms with Crippen LogP contribution in [-0.2, 0) is 11.3 Å². The molecule has 1 saturated heterocycles. The Labute approximate surface area is 191 Å². The van der Waals surface area contributed by atoms with Gasteiger partial charge in [-0.15, -0.1) is 11.3 Å². The van der Waals surface area contributed by atoms with E-state index in [1.54, 1.807) is 23.1 Å². The van der Waals surface area contributed by atoms with Crippen LogP contribution in [0.25, 0.3) is 21.3 Å². The number of ether oxygens (including phenoxy) is 1. The van der Waals surface area contributed by atoms with Crippen LogP contribution in [0.5, 0.6) is 0 Å². The Kier molecular flexibility index (Phi) is 6.05. The summed E-state index contributed by atoms with van der Waals surface area (Å²) in [5, 5.41) is 4.46. The lowest BCUT2D eigenvalue weighted by atomic mass is 10.1. The predicted molar refractivity (Wildman–Crippen MR) is 128 cm³/mol. The molecule has 2 aromatic carbocycles. The lowest BCUT2D eigenvalue weighted by Crippen LogP contribution is -3.12. The third-order valence-electron chi connectivity index (χ3n) is 5.69. The highest BCUT2D eigenvalue weighted by Crippen LogP contribution is 2.41. The Morgan fingerprint density at radius 1 is 1.03 bits per heavy atom. The largest absolute Gasteiger partial charge is 0.370 e. The van der Waals surface area contributed by atoms with E-state index in [4.69, 9.17) is 14.7 Å². The van der Waals surface area contributed by atoms with Crippen LogP contribution in [0.2, 0.25) is 0 Å². The Morgan fingerprint density at radius 3 is 2.65 bits per heavy atom. The molecule has 31 heavy (non-hydrogen) atoms. The molecular formula is C25H26N3OS2+. The van der Waals surface area contributed by atoms with Crippen LogP contribution in [0.15, 0.2) is 63.8 Å². The van der Waals surface area contributed by atoms with Gasteiger partial charge in [0, 0.05) is 15.8 Å². The lowest BCUT2D eigenvalue weighted by molar-refractivity contribution is -0.922. The monoisotopic (exact) mass is 448 g/mol. The van der Waals surface area contributed by atoms with Crippen molar-refractivity contribution in [3.63, 3.8) is 0 Å². The summed E-state index contributed by atoms with van der Waals surface area (Å²) < 4.78 is 5.52. The molecule has 4 nitrogen and oxygen atoms in total. The first-order valence-electron chi connectivity index (χ1n) is 10.7. The summed E-state index contributed by atoms with van der Waals surface area (Å²) >= 11 is 3.49. The third-order valence-corrected chi connectivity index (χ3v) is 7.71. The van der Waals surface area contributed by atoms with Gasteiger partial charge in [0.25, 0.3) is 0 Å². The van der Waals surface area contributed by atoms with Crippen LogP contribution < -0.4 is 4.90 Å². The van der Waals surface area contributed by atoms with E-state index in [0.29, 0.717) is 0 Å². The van der Waals surface area contributed by atoms with E-state index in [9.17, 15) is 0 Å². The molecule has 1 aliphatic heterocycles. The van der Waals surface area contributed by atoms with Gasteiger partial charge < -0.3 is 9.64 Å². The molecule has 2 aromatic heterocycles. The number of fused-ring (bicyclic) bond motifs is 1. The van der Waals surface area contributed by atoms with Gasteiger partial charge in [-0.1, -0.05) is 54.2 Å². The highest BCUT2D eigenvalue weighted by molar-refractivity contribution is 7.99. The summed E-state index contributed by atoms with van der Waals surface area (Å²) in [6.45, 7) is 8.83. The first kappa shape index (κ1) is 20.6. The summed E-state index contributed by atoms with van der Waals surface area (Å²) in [5.74, 6) is 0.929. The van der Waals surface area contributed by atoms with Gasteiger partial charge in [-0.05, 0) is 36.6 Å². The number of nitrogens with one attached hydrogen (secondary N) is 1. The molecule has 5 rings (SSSR count). The number of benzene rings is 2. The van der Waals surface area contributed by atoms with E-state index >= 15 is 0 Å². The first-order valence-corrected chi connectivity index (χ1v) is 12.4. The molecular weight excluding hydrogens is 422 g/mol. The van der Waals surface area contributed by atoms with E-state index < -0.39 is 0 Å². The van der Waals surface area contributed by atoms with E-state index in [0.717, 1.165) is 48.5 Å². The Balaban J connectivity index is 1.61. The molecule has 6 heteroatoms. The number of hydrogen-bond donors (Lipinski definition) is 1. The van der Waals surface area contributed by atoms with Crippen LogP contribution in [0.1, 0.15) is 17.0 Å². The Hall–Kier alpha value is -2.25. The van der Waals surface area contributed by atoms with Crippen molar-refractivity contribution in [3.8, 4) is 11.1 Å². The molecule has 0 bridgehead atoms. The number of nitrogens with zero attached hydrogens (tertiary/aromatic N) is 2. The van der Waals surface area contributed by atoms with Gasteiger partial charge in [0.15, 0.2) is 5.82 Å². The van der Waals surface area contributed by atoms with Crippen LogP contribution in [0.4, 0.5) is 0 Å². The quantitative estimate of drug-likeness (QED) is 0.455. The first-order chi connectivity index (χ1) is 15.2. The lowest BCUT2D eigenvalue weighted by Gasteiger charge is -2.23. The SMILES string of the molecule is Cc1ccc(C)c(Sc2nc(C[NH+]3CCOCC3)nc3scc(-c4ccccc4)c23)c1. The maximum atomic E-state index is 5.52. The molecule has 1 fully saturated rings. The summed E-state index contributed by atoms with van der Waals surface area (Å²) in [4.78, 5) is 13.9. The minimum atomic E-state index is 0.818. The van der Waals surface area contributed by atoms with Gasteiger partial charge >= 0.3 is 0 Å². The van der Waals surface area contributed by atoms with E-state index in [2.05, 4.69) is 67.8 Å². The second kappa shape index (κ2) is 9.09. The van der Waals surface area contributed by atoms with Crippen molar-refractivity contribution in [1.82, 2.24) is 9.97 Å². The van der Waals surface area contributed by atoms with Crippen molar-refractivity contribution in [2.24, 2.45) is 0 Å². The van der Waals surface area contributed by atoms with Crippen LogP contribution >= 0.6 is 23.1 Å². The summed E-state index contributed by atoms with van der Waals surface area (Å²) in [7, 11) is 0. The van der Waals surface area contributed by atoms with Gasteiger partial charge in [0.1, 0.15) is 29.5 Å². The molecule has 0 amide bonds. The highest BCUT2D eigenvalue weighted by atomic mass is 32.2. The Morgan fingerprint density at radius 2 is 1.84 bits per heavy atom. The molecule has 0 aliphatic carbocycles. The van der Waals surface area contributed by atoms with Crippen molar-refractivity contribution >= 4 is 33.3 Å². The zero-order valence-corrected chi connectivity index (χ0v) is 19.5. The minimum Gasteiger partial charge on any atom is -0.370 e. The van der Waals surface area contributed by atoms with Crippen molar-refractivity contribution in [3.05, 3.63) is 70.9 Å². The number of thiophene rings is 1. The fourth-order valence-electron chi connectivity index (χ4n) is 3.92. The normalized spacial score (nSPS) is 14.9. The number of hydrogen-bond acceptors (Lipinski definition) is 5. The maximum absolute atomic E-state index is 5.52. The minimum absolute atomic E-state index is 0.818. The van der Waals surface area contributed by atoms with Gasteiger partial charge in [0.05, 0.1) is 18.6 Å². The number of aromatic nitrogens is 2. The molecule has 1 N–H and O–H groups in total. The average Bonchev–Trinajstić information content (AvgIpc) is 3.22. The van der Waals surface area contributed by atoms with E-state index in [1.165, 1.54) is 37.4 Å². The molecule has 0 radical (unpaired) electrons.